The van der Waals surface area contributed by atoms with E-state index in [1.54, 1.807) is 7.11 Å². The highest BCUT2D eigenvalue weighted by Gasteiger charge is 2.24. The molecule has 1 heterocycles. The van der Waals surface area contributed by atoms with Crippen molar-refractivity contribution in [3.63, 3.8) is 0 Å². The molecule has 0 spiro atoms. The molecule has 2 fully saturated rings. The van der Waals surface area contributed by atoms with E-state index in [-0.39, 0.29) is 0 Å². The Labute approximate surface area is 145 Å². The van der Waals surface area contributed by atoms with Crippen molar-refractivity contribution in [3.05, 3.63) is 29.8 Å². The van der Waals surface area contributed by atoms with Crippen LogP contribution in [0.25, 0.3) is 0 Å². The molecule has 1 aromatic carbocycles. The van der Waals surface area contributed by atoms with Gasteiger partial charge in [0.1, 0.15) is 5.75 Å². The summed E-state index contributed by atoms with van der Waals surface area (Å²) in [6.07, 6.45) is 6.99. The summed E-state index contributed by atoms with van der Waals surface area (Å²) in [5.41, 5.74) is 1.34. The Morgan fingerprint density at radius 3 is 2.38 bits per heavy atom. The summed E-state index contributed by atoms with van der Waals surface area (Å²) >= 11 is 0. The van der Waals surface area contributed by atoms with Crippen molar-refractivity contribution in [2.24, 2.45) is 5.92 Å². The van der Waals surface area contributed by atoms with E-state index in [9.17, 15) is 4.79 Å². The maximum absolute atomic E-state index is 12.4. The van der Waals surface area contributed by atoms with Crippen molar-refractivity contribution in [3.8, 4) is 5.75 Å². The highest BCUT2D eigenvalue weighted by Crippen LogP contribution is 2.28. The van der Waals surface area contributed by atoms with Crippen molar-refractivity contribution in [2.75, 3.05) is 39.8 Å². The molecule has 0 bridgehead atoms. The van der Waals surface area contributed by atoms with Crippen LogP contribution in [0.15, 0.2) is 24.3 Å². The number of piperazine rings is 1. The topological polar surface area (TPSA) is 32.8 Å². The Balaban J connectivity index is 1.37. The fraction of sp³-hybridized carbons (Fsp3) is 0.650. The van der Waals surface area contributed by atoms with Gasteiger partial charge < -0.3 is 9.64 Å². The molecule has 0 aromatic heterocycles. The Kier molecular flexibility index (Phi) is 6.13. The van der Waals surface area contributed by atoms with Gasteiger partial charge in [-0.1, -0.05) is 25.0 Å². The van der Waals surface area contributed by atoms with Gasteiger partial charge in [0.05, 0.1) is 7.11 Å². The fourth-order valence-corrected chi connectivity index (χ4v) is 3.89. The minimum absolute atomic E-state index is 0.386. The number of carbonyl (C=O) groups excluding carboxylic acids is 1. The Morgan fingerprint density at radius 1 is 1.08 bits per heavy atom. The summed E-state index contributed by atoms with van der Waals surface area (Å²) in [6.45, 7) is 4.87. The number of carbonyl (C=O) groups is 1. The van der Waals surface area contributed by atoms with Crippen LogP contribution < -0.4 is 4.74 Å². The molecular formula is C20H30N2O2. The van der Waals surface area contributed by atoms with Gasteiger partial charge in [0.2, 0.25) is 5.91 Å². The molecule has 1 amide bonds. The number of rotatable bonds is 6. The van der Waals surface area contributed by atoms with Crippen LogP contribution in [0.1, 0.15) is 37.7 Å². The molecule has 1 saturated carbocycles. The van der Waals surface area contributed by atoms with Gasteiger partial charge in [-0.3, -0.25) is 9.69 Å². The second-order valence-electron chi connectivity index (χ2n) is 7.18. The number of hydrogen-bond acceptors (Lipinski definition) is 3. The molecule has 0 unspecified atom stereocenters. The van der Waals surface area contributed by atoms with Gasteiger partial charge in [-0.05, 0) is 42.9 Å². The quantitative estimate of drug-likeness (QED) is 0.804. The van der Waals surface area contributed by atoms with Crippen LogP contribution in [-0.4, -0.2) is 55.5 Å². The molecule has 0 radical (unpaired) electrons. The summed E-state index contributed by atoms with van der Waals surface area (Å²) in [4.78, 5) is 17.0. The molecule has 4 heteroatoms. The normalized spacial score (nSPS) is 19.6. The summed E-state index contributed by atoms with van der Waals surface area (Å²) in [5.74, 6) is 1.95. The van der Waals surface area contributed by atoms with Crippen LogP contribution in [0.4, 0.5) is 0 Å². The molecular weight excluding hydrogens is 300 g/mol. The third kappa shape index (κ3) is 4.73. The van der Waals surface area contributed by atoms with Gasteiger partial charge in [0.25, 0.3) is 0 Å². The van der Waals surface area contributed by atoms with Crippen LogP contribution in [0.5, 0.6) is 5.75 Å². The first-order valence-electron chi connectivity index (χ1n) is 9.37. The Hall–Kier alpha value is -1.55. The van der Waals surface area contributed by atoms with Crippen LogP contribution in [0.2, 0.25) is 0 Å². The second-order valence-corrected chi connectivity index (χ2v) is 7.18. The largest absolute Gasteiger partial charge is 0.497 e. The summed E-state index contributed by atoms with van der Waals surface area (Å²) < 4.78 is 5.20. The van der Waals surface area contributed by atoms with Crippen molar-refractivity contribution in [1.82, 2.24) is 9.80 Å². The highest BCUT2D eigenvalue weighted by molar-refractivity contribution is 5.76. The standard InChI is InChI=1S/C20H30N2O2/c1-24-19-8-6-17(7-9-19)10-11-21-12-14-22(15-13-21)20(23)16-18-4-2-3-5-18/h6-9,18H,2-5,10-16H2,1H3. The van der Waals surface area contributed by atoms with Crippen LogP contribution >= 0.6 is 0 Å². The molecule has 1 aliphatic heterocycles. The first kappa shape index (κ1) is 17.3. The van der Waals surface area contributed by atoms with Crippen molar-refractivity contribution in [1.29, 1.82) is 0 Å². The van der Waals surface area contributed by atoms with Gasteiger partial charge in [0.15, 0.2) is 0 Å². The highest BCUT2D eigenvalue weighted by atomic mass is 16.5. The zero-order valence-electron chi connectivity index (χ0n) is 14.9. The van der Waals surface area contributed by atoms with Gasteiger partial charge >= 0.3 is 0 Å². The lowest BCUT2D eigenvalue weighted by atomic mass is 10.0. The lowest BCUT2D eigenvalue weighted by Gasteiger charge is -2.35. The smallest absolute Gasteiger partial charge is 0.222 e. The van der Waals surface area contributed by atoms with Crippen LogP contribution in [0, 0.1) is 5.92 Å². The minimum Gasteiger partial charge on any atom is -0.497 e. The van der Waals surface area contributed by atoms with Crippen LogP contribution in [0.3, 0.4) is 0 Å². The number of methoxy groups -OCH3 is 1. The third-order valence-corrected chi connectivity index (χ3v) is 5.54. The Morgan fingerprint density at radius 2 is 1.75 bits per heavy atom. The zero-order chi connectivity index (χ0) is 16.8. The SMILES string of the molecule is COc1ccc(CCN2CCN(C(=O)CC3CCCC3)CC2)cc1. The van der Waals surface area contributed by atoms with E-state index in [1.165, 1.54) is 31.2 Å². The molecule has 24 heavy (non-hydrogen) atoms. The number of hydrogen-bond donors (Lipinski definition) is 0. The van der Waals surface area contributed by atoms with Crippen molar-refractivity contribution in [2.45, 2.75) is 38.5 Å². The molecule has 1 saturated heterocycles. The number of amides is 1. The summed E-state index contributed by atoms with van der Waals surface area (Å²) in [7, 11) is 1.70. The molecule has 2 aliphatic rings. The predicted octanol–water partition coefficient (Wildman–Crippen LogP) is 2.96. The third-order valence-electron chi connectivity index (χ3n) is 5.54. The number of ether oxygens (including phenoxy) is 1. The molecule has 0 N–H and O–H groups in total. The van der Waals surface area contributed by atoms with Gasteiger partial charge in [-0.2, -0.15) is 0 Å². The first-order chi connectivity index (χ1) is 11.7. The van der Waals surface area contributed by atoms with Crippen molar-refractivity contribution >= 4 is 5.91 Å². The average Bonchev–Trinajstić information content (AvgIpc) is 3.14. The number of benzene rings is 1. The zero-order valence-corrected chi connectivity index (χ0v) is 14.9. The molecule has 1 aliphatic carbocycles. The molecule has 3 rings (SSSR count). The maximum atomic E-state index is 12.4. The molecule has 0 atom stereocenters. The number of nitrogens with zero attached hydrogens (tertiary/aromatic N) is 2. The van der Waals surface area contributed by atoms with Gasteiger partial charge in [-0.15, -0.1) is 0 Å². The lowest BCUT2D eigenvalue weighted by Crippen LogP contribution is -2.49. The van der Waals surface area contributed by atoms with E-state index in [1.807, 2.05) is 12.1 Å². The minimum atomic E-state index is 0.386. The van der Waals surface area contributed by atoms with Crippen molar-refractivity contribution < 1.29 is 9.53 Å². The van der Waals surface area contributed by atoms with E-state index < -0.39 is 0 Å². The molecule has 4 nitrogen and oxygen atoms in total. The average molecular weight is 330 g/mol. The van der Waals surface area contributed by atoms with E-state index in [2.05, 4.69) is 21.9 Å². The van der Waals surface area contributed by atoms with E-state index in [0.717, 1.165) is 51.3 Å². The van der Waals surface area contributed by atoms with Crippen LogP contribution in [-0.2, 0) is 11.2 Å². The lowest BCUT2D eigenvalue weighted by molar-refractivity contribution is -0.133. The monoisotopic (exact) mass is 330 g/mol. The fourth-order valence-electron chi connectivity index (χ4n) is 3.89. The van der Waals surface area contributed by atoms with E-state index >= 15 is 0 Å². The Bertz CT molecular complexity index is 515. The first-order valence-corrected chi connectivity index (χ1v) is 9.37. The molecule has 132 valence electrons. The van der Waals surface area contributed by atoms with Gasteiger partial charge in [-0.25, -0.2) is 0 Å². The predicted molar refractivity (Wildman–Crippen MR) is 96.3 cm³/mol. The molecule has 1 aromatic rings. The van der Waals surface area contributed by atoms with E-state index in [0.29, 0.717) is 11.8 Å². The summed E-state index contributed by atoms with van der Waals surface area (Å²) in [5, 5.41) is 0. The van der Waals surface area contributed by atoms with Gasteiger partial charge in [0, 0.05) is 39.1 Å². The summed E-state index contributed by atoms with van der Waals surface area (Å²) in [6, 6.07) is 8.32. The van der Waals surface area contributed by atoms with E-state index in [4.69, 9.17) is 4.74 Å². The second kappa shape index (κ2) is 8.52. The maximum Gasteiger partial charge on any atom is 0.222 e.